The molecule has 1 amide bonds. The predicted molar refractivity (Wildman–Crippen MR) is 80.9 cm³/mol. The number of carbonyl (C=O) groups excluding carboxylic acids is 1. The Labute approximate surface area is 119 Å². The smallest absolute Gasteiger partial charge is 0.251 e. The van der Waals surface area contributed by atoms with Crippen LogP contribution in [-0.4, -0.2) is 36.8 Å². The molecule has 1 heterocycles. The van der Waals surface area contributed by atoms with Gasteiger partial charge < -0.3 is 21.1 Å². The molecule has 1 saturated heterocycles. The van der Waals surface area contributed by atoms with E-state index in [1.165, 1.54) is 0 Å². The van der Waals surface area contributed by atoms with Crippen LogP contribution in [0.3, 0.4) is 0 Å². The van der Waals surface area contributed by atoms with E-state index in [-0.39, 0.29) is 18.6 Å². The zero-order chi connectivity index (χ0) is 14.5. The van der Waals surface area contributed by atoms with Gasteiger partial charge in [-0.15, -0.1) is 0 Å². The molecule has 1 aliphatic rings. The number of aliphatic hydroxyl groups excluding tert-OH is 1. The molecule has 2 rings (SSSR count). The van der Waals surface area contributed by atoms with Crippen LogP contribution in [0, 0.1) is 0 Å². The molecule has 0 saturated carbocycles. The van der Waals surface area contributed by atoms with Crippen molar-refractivity contribution in [2.75, 3.05) is 30.3 Å². The van der Waals surface area contributed by atoms with Crippen molar-refractivity contribution in [2.45, 2.75) is 32.2 Å². The monoisotopic (exact) mass is 277 g/mol. The molecule has 1 atom stereocenters. The van der Waals surface area contributed by atoms with Crippen molar-refractivity contribution in [1.82, 2.24) is 5.32 Å². The van der Waals surface area contributed by atoms with E-state index in [9.17, 15) is 9.90 Å². The normalized spacial score (nSPS) is 18.9. The second-order valence-electron chi connectivity index (χ2n) is 5.16. The van der Waals surface area contributed by atoms with E-state index in [1.807, 2.05) is 13.0 Å². The third-order valence-electron chi connectivity index (χ3n) is 3.78. The van der Waals surface area contributed by atoms with Crippen LogP contribution in [-0.2, 0) is 0 Å². The molecule has 5 nitrogen and oxygen atoms in total. The molecule has 1 unspecified atom stereocenters. The first-order valence-electron chi connectivity index (χ1n) is 7.22. The van der Waals surface area contributed by atoms with Gasteiger partial charge in [0, 0.05) is 18.7 Å². The van der Waals surface area contributed by atoms with Crippen molar-refractivity contribution in [2.24, 2.45) is 0 Å². The van der Waals surface area contributed by atoms with Gasteiger partial charge in [0.05, 0.1) is 24.0 Å². The highest BCUT2D eigenvalue weighted by Gasteiger charge is 2.24. The average molecular weight is 277 g/mol. The molecule has 0 aromatic heterocycles. The summed E-state index contributed by atoms with van der Waals surface area (Å²) in [5.41, 5.74) is 8.17. The Morgan fingerprint density at radius 3 is 3.00 bits per heavy atom. The fraction of sp³-hybridized carbons (Fsp3) is 0.533. The average Bonchev–Trinajstić information content (AvgIpc) is 2.48. The number of hydrogen-bond donors (Lipinski definition) is 3. The van der Waals surface area contributed by atoms with E-state index >= 15 is 0 Å². The lowest BCUT2D eigenvalue weighted by molar-refractivity contribution is 0.0956. The van der Waals surface area contributed by atoms with Crippen molar-refractivity contribution in [3.8, 4) is 0 Å². The van der Waals surface area contributed by atoms with Crippen molar-refractivity contribution < 1.29 is 9.90 Å². The van der Waals surface area contributed by atoms with Crippen LogP contribution in [0.15, 0.2) is 18.2 Å². The highest BCUT2D eigenvalue weighted by molar-refractivity contribution is 5.96. The summed E-state index contributed by atoms with van der Waals surface area (Å²) >= 11 is 0. The highest BCUT2D eigenvalue weighted by atomic mass is 16.3. The second kappa shape index (κ2) is 6.61. The van der Waals surface area contributed by atoms with Crippen LogP contribution < -0.4 is 16.0 Å². The van der Waals surface area contributed by atoms with Crippen LogP contribution in [0.1, 0.15) is 36.5 Å². The Morgan fingerprint density at radius 2 is 2.30 bits per heavy atom. The van der Waals surface area contributed by atoms with Crippen molar-refractivity contribution >= 4 is 17.3 Å². The molecular formula is C15H23N3O2. The number of carbonyl (C=O) groups is 1. The first-order valence-corrected chi connectivity index (χ1v) is 7.22. The first-order chi connectivity index (χ1) is 9.67. The topological polar surface area (TPSA) is 78.6 Å². The summed E-state index contributed by atoms with van der Waals surface area (Å²) in [6.07, 6.45) is 3.17. The molecule has 1 aliphatic heterocycles. The number of rotatable bonds is 4. The van der Waals surface area contributed by atoms with Gasteiger partial charge >= 0.3 is 0 Å². The van der Waals surface area contributed by atoms with Crippen molar-refractivity contribution in [3.63, 3.8) is 0 Å². The Kier molecular flexibility index (Phi) is 4.84. The quantitative estimate of drug-likeness (QED) is 0.726. The number of nitrogens with one attached hydrogen (secondary N) is 1. The maximum absolute atomic E-state index is 11.9. The number of piperidine rings is 1. The molecule has 1 aromatic rings. The fourth-order valence-corrected chi connectivity index (χ4v) is 2.70. The van der Waals surface area contributed by atoms with E-state index in [0.717, 1.165) is 31.5 Å². The van der Waals surface area contributed by atoms with E-state index < -0.39 is 0 Å². The lowest BCUT2D eigenvalue weighted by atomic mass is 10.0. The number of anilines is 2. The molecule has 20 heavy (non-hydrogen) atoms. The Balaban J connectivity index is 2.29. The Hall–Kier alpha value is -1.75. The second-order valence-corrected chi connectivity index (χ2v) is 5.16. The third-order valence-corrected chi connectivity index (χ3v) is 3.78. The van der Waals surface area contributed by atoms with E-state index in [2.05, 4.69) is 10.2 Å². The van der Waals surface area contributed by atoms with Crippen LogP contribution in [0.25, 0.3) is 0 Å². The van der Waals surface area contributed by atoms with Crippen molar-refractivity contribution in [3.05, 3.63) is 23.8 Å². The van der Waals surface area contributed by atoms with Crippen LogP contribution in [0.4, 0.5) is 11.4 Å². The number of benzene rings is 1. The Morgan fingerprint density at radius 1 is 1.50 bits per heavy atom. The van der Waals surface area contributed by atoms with Gasteiger partial charge in [-0.25, -0.2) is 0 Å². The number of aliphatic hydroxyl groups is 1. The summed E-state index contributed by atoms with van der Waals surface area (Å²) in [7, 11) is 0. The van der Waals surface area contributed by atoms with Gasteiger partial charge in [-0.3, -0.25) is 4.79 Å². The van der Waals surface area contributed by atoms with Gasteiger partial charge in [0.1, 0.15) is 0 Å². The lowest BCUT2D eigenvalue weighted by Gasteiger charge is -2.37. The summed E-state index contributed by atoms with van der Waals surface area (Å²) in [5.74, 6) is -0.0914. The largest absolute Gasteiger partial charge is 0.397 e. The molecule has 4 N–H and O–H groups in total. The van der Waals surface area contributed by atoms with Crippen molar-refractivity contribution in [1.29, 1.82) is 0 Å². The van der Waals surface area contributed by atoms with Crippen LogP contribution in [0.5, 0.6) is 0 Å². The molecular weight excluding hydrogens is 254 g/mol. The van der Waals surface area contributed by atoms with Gasteiger partial charge in [-0.1, -0.05) is 0 Å². The number of hydrogen-bond acceptors (Lipinski definition) is 4. The molecule has 110 valence electrons. The molecule has 0 radical (unpaired) electrons. The van der Waals surface area contributed by atoms with E-state index in [4.69, 9.17) is 5.73 Å². The third kappa shape index (κ3) is 3.04. The summed E-state index contributed by atoms with van der Waals surface area (Å²) in [4.78, 5) is 14.0. The number of amides is 1. The zero-order valence-corrected chi connectivity index (χ0v) is 11.9. The zero-order valence-electron chi connectivity index (χ0n) is 11.9. The molecule has 0 aliphatic carbocycles. The van der Waals surface area contributed by atoms with Gasteiger partial charge in [-0.05, 0) is 44.4 Å². The molecule has 0 spiro atoms. The number of nitrogens with zero attached hydrogens (tertiary/aromatic N) is 1. The number of nitrogen functional groups attached to an aromatic ring is 1. The van der Waals surface area contributed by atoms with Crippen LogP contribution >= 0.6 is 0 Å². The van der Waals surface area contributed by atoms with Gasteiger partial charge in [0.15, 0.2) is 0 Å². The van der Waals surface area contributed by atoms with E-state index in [0.29, 0.717) is 17.8 Å². The summed E-state index contributed by atoms with van der Waals surface area (Å²) < 4.78 is 0. The van der Waals surface area contributed by atoms with E-state index in [1.54, 1.807) is 12.1 Å². The van der Waals surface area contributed by atoms with Gasteiger partial charge in [0.25, 0.3) is 5.91 Å². The minimum atomic E-state index is -0.0914. The first kappa shape index (κ1) is 14.7. The summed E-state index contributed by atoms with van der Waals surface area (Å²) in [6, 6.07) is 5.43. The molecule has 0 bridgehead atoms. The van der Waals surface area contributed by atoms with Gasteiger partial charge in [-0.2, -0.15) is 0 Å². The minimum Gasteiger partial charge on any atom is -0.397 e. The molecule has 1 aromatic carbocycles. The van der Waals surface area contributed by atoms with Gasteiger partial charge in [0.2, 0.25) is 0 Å². The standard InChI is InChI=1S/C15H23N3O2/c1-2-17-15(20)11-6-7-13(16)14(9-11)18-8-4-3-5-12(18)10-19/h6-7,9,12,19H,2-5,8,10,16H2,1H3,(H,17,20). The summed E-state index contributed by atoms with van der Waals surface area (Å²) in [5, 5.41) is 12.3. The molecule has 5 heteroatoms. The maximum Gasteiger partial charge on any atom is 0.251 e. The minimum absolute atomic E-state index is 0.0914. The van der Waals surface area contributed by atoms with Crippen LogP contribution in [0.2, 0.25) is 0 Å². The number of nitrogens with two attached hydrogens (primary N) is 1. The molecule has 1 fully saturated rings. The summed E-state index contributed by atoms with van der Waals surface area (Å²) in [6.45, 7) is 3.48. The predicted octanol–water partition coefficient (Wildman–Crippen LogP) is 1.37. The highest BCUT2D eigenvalue weighted by Crippen LogP contribution is 2.30. The maximum atomic E-state index is 11.9. The Bertz CT molecular complexity index is 476. The SMILES string of the molecule is CCNC(=O)c1ccc(N)c(N2CCCCC2CO)c1. The fourth-order valence-electron chi connectivity index (χ4n) is 2.70. The lowest BCUT2D eigenvalue weighted by Crippen LogP contribution is -2.42.